The smallest absolute Gasteiger partial charge is 0.471 e. The molecule has 1 saturated carbocycles. The third-order valence-corrected chi connectivity index (χ3v) is 9.30. The topological polar surface area (TPSA) is 99.1 Å². The van der Waals surface area contributed by atoms with Gasteiger partial charge < -0.3 is 24.4 Å². The molecule has 1 unspecified atom stereocenters. The molecule has 278 valence electrons. The van der Waals surface area contributed by atoms with Gasteiger partial charge in [-0.25, -0.2) is 18.4 Å². The number of aromatic nitrogens is 1. The van der Waals surface area contributed by atoms with E-state index in [4.69, 9.17) is 29.9 Å². The van der Waals surface area contributed by atoms with Gasteiger partial charge in [0.2, 0.25) is 5.92 Å². The molecule has 2 fully saturated rings. The largest absolute Gasteiger partial charge is 0.496 e. The number of likely N-dealkylation sites (tertiary alicyclic amines) is 1. The Hall–Kier alpha value is -4.07. The van der Waals surface area contributed by atoms with Crippen molar-refractivity contribution >= 4 is 50.3 Å². The van der Waals surface area contributed by atoms with Crippen LogP contribution in [0.5, 0.6) is 5.75 Å². The number of alkyl halides is 5. The number of hydrogen-bond donors (Lipinski definition) is 1. The lowest BCUT2D eigenvalue weighted by molar-refractivity contribution is -0.187. The number of rotatable bonds is 6. The van der Waals surface area contributed by atoms with Crippen LogP contribution >= 0.6 is 0 Å². The molecule has 1 atom stereocenters. The molecule has 16 heteroatoms. The van der Waals surface area contributed by atoms with E-state index in [1.165, 1.54) is 30.0 Å². The number of nitrogens with one attached hydrogen (secondary N) is 1. The van der Waals surface area contributed by atoms with Crippen LogP contribution in [0.3, 0.4) is 0 Å². The van der Waals surface area contributed by atoms with Crippen LogP contribution in [-0.2, 0) is 19.6 Å². The minimum Gasteiger partial charge on any atom is -0.496 e. The summed E-state index contributed by atoms with van der Waals surface area (Å²) in [5.74, 6) is -5.91. The average Bonchev–Trinajstić information content (AvgIpc) is 3.48. The third-order valence-electron chi connectivity index (χ3n) is 9.30. The van der Waals surface area contributed by atoms with E-state index in [-0.39, 0.29) is 41.8 Å². The molecule has 3 aromatic rings. The number of fused-ring (bicyclic) bond motifs is 1. The van der Waals surface area contributed by atoms with Gasteiger partial charge in [-0.2, -0.15) is 13.2 Å². The summed E-state index contributed by atoms with van der Waals surface area (Å²) in [6.45, 7) is 10.9. The number of nitrogens with zero attached hydrogens (tertiary/aromatic N) is 2. The van der Waals surface area contributed by atoms with Crippen LogP contribution in [0.25, 0.3) is 10.9 Å². The Morgan fingerprint density at radius 3 is 2.17 bits per heavy atom. The van der Waals surface area contributed by atoms with Crippen LogP contribution in [0, 0.1) is 12.3 Å². The monoisotopic (exact) mass is 729 g/mol. The molecular weight excluding hydrogens is 687 g/mol. The number of carbonyl (C=O) groups is 3. The van der Waals surface area contributed by atoms with Crippen molar-refractivity contribution in [1.29, 1.82) is 0 Å². The van der Waals surface area contributed by atoms with Crippen LogP contribution in [0.2, 0.25) is 0 Å². The lowest BCUT2D eigenvalue weighted by atomic mass is 9.52. The summed E-state index contributed by atoms with van der Waals surface area (Å²) in [7, 11) is 16.6. The van der Waals surface area contributed by atoms with E-state index < -0.39 is 71.0 Å². The number of methoxy groups -OCH3 is 2. The van der Waals surface area contributed by atoms with Crippen molar-refractivity contribution in [2.24, 2.45) is 5.41 Å². The maximum Gasteiger partial charge on any atom is 0.471 e. The van der Waals surface area contributed by atoms with Crippen molar-refractivity contribution in [1.82, 2.24) is 9.47 Å². The Labute approximate surface area is 302 Å². The maximum atomic E-state index is 14.4. The summed E-state index contributed by atoms with van der Waals surface area (Å²) in [4.78, 5) is 39.4. The molecule has 0 bridgehead atoms. The molecule has 1 saturated heterocycles. The fourth-order valence-corrected chi connectivity index (χ4v) is 7.30. The van der Waals surface area contributed by atoms with Gasteiger partial charge >= 0.3 is 24.1 Å². The second kappa shape index (κ2) is 14.4. The standard InChI is InChI=1S/C34H36B2F5N3O6.C2H6/c1-18-13-24(48-5)25(21-9-11-43(26(18)21)29(47)50-30(2,3)4)33(35,36)44-12-10-31(16-32(37,38)17-31)15-23(44)20-8-7-19(27(45)49-6)14-22(20)42-28(46)34(39,40)41;1-2/h7-9,11,13-14,23H,10,12,15-17H2,1-6H3,(H,42,46);1-2H3. The zero-order valence-electron chi connectivity index (χ0n) is 30.5. The second-order valence-electron chi connectivity index (χ2n) is 14.1. The highest BCUT2D eigenvalue weighted by molar-refractivity contribution is 6.41. The number of esters is 1. The van der Waals surface area contributed by atoms with E-state index in [1.807, 2.05) is 19.2 Å². The quantitative estimate of drug-likeness (QED) is 0.157. The maximum absolute atomic E-state index is 14.4. The van der Waals surface area contributed by atoms with E-state index >= 15 is 0 Å². The van der Waals surface area contributed by atoms with Crippen molar-refractivity contribution in [3.63, 3.8) is 0 Å². The zero-order chi connectivity index (χ0) is 39.2. The molecule has 52 heavy (non-hydrogen) atoms. The van der Waals surface area contributed by atoms with Crippen LogP contribution in [-0.4, -0.2) is 81.6 Å². The van der Waals surface area contributed by atoms with Crippen molar-refractivity contribution in [2.45, 2.75) is 96.3 Å². The van der Waals surface area contributed by atoms with Gasteiger partial charge in [0.1, 0.15) is 11.4 Å². The first-order valence-electron chi connectivity index (χ1n) is 16.8. The summed E-state index contributed by atoms with van der Waals surface area (Å²) in [5, 5.41) is 0.235. The number of amides is 1. The molecule has 1 spiro atoms. The Morgan fingerprint density at radius 2 is 1.63 bits per heavy atom. The number of halogens is 5. The summed E-state index contributed by atoms with van der Waals surface area (Å²) < 4.78 is 86.7. The SMILES string of the molecule is CC.[B]C([B])(c1c(OC)cc(C)c2c1ccn2C(=O)OC(C)(C)C)N1CCC2(CC1c1ccc(C(=O)OC)cc1NC(=O)C(F)(F)F)CC(F)(F)C2. The van der Waals surface area contributed by atoms with E-state index in [9.17, 15) is 36.3 Å². The van der Waals surface area contributed by atoms with Gasteiger partial charge in [0.05, 0.1) is 41.0 Å². The molecule has 1 aliphatic carbocycles. The molecule has 1 aromatic heterocycles. The van der Waals surface area contributed by atoms with Gasteiger partial charge in [0, 0.05) is 41.7 Å². The summed E-state index contributed by atoms with van der Waals surface area (Å²) in [5.41, 5.74) is -1.04. The molecule has 2 heterocycles. The molecule has 1 amide bonds. The van der Waals surface area contributed by atoms with E-state index in [1.54, 1.807) is 44.7 Å². The normalized spacial score (nSPS) is 18.5. The molecule has 9 nitrogen and oxygen atoms in total. The Balaban J connectivity index is 0.00000297. The fourth-order valence-electron chi connectivity index (χ4n) is 7.30. The van der Waals surface area contributed by atoms with Gasteiger partial charge in [-0.1, -0.05) is 19.9 Å². The minimum atomic E-state index is -5.30. The number of piperidine rings is 1. The first kappa shape index (κ1) is 40.7. The second-order valence-corrected chi connectivity index (χ2v) is 14.1. The Bertz CT molecular complexity index is 1850. The van der Waals surface area contributed by atoms with Gasteiger partial charge in [0.15, 0.2) is 0 Å². The first-order chi connectivity index (χ1) is 24.0. The highest BCUT2D eigenvalue weighted by atomic mass is 19.4. The number of aryl methyl sites for hydroxylation is 1. The summed E-state index contributed by atoms with van der Waals surface area (Å²) >= 11 is 0. The molecule has 2 aromatic carbocycles. The van der Waals surface area contributed by atoms with E-state index in [2.05, 4.69) is 0 Å². The van der Waals surface area contributed by atoms with Crippen LogP contribution in [0.4, 0.5) is 32.4 Å². The minimum absolute atomic E-state index is 0.00442. The molecule has 2 aliphatic rings. The first-order valence-corrected chi connectivity index (χ1v) is 16.8. The zero-order valence-corrected chi connectivity index (χ0v) is 30.5. The number of anilines is 1. The molecule has 4 radical (unpaired) electrons. The predicted molar refractivity (Wildman–Crippen MR) is 187 cm³/mol. The Morgan fingerprint density at radius 1 is 1.00 bits per heavy atom. The fraction of sp³-hybridized carbons (Fsp3) is 0.528. The molecule has 1 aliphatic heterocycles. The van der Waals surface area contributed by atoms with Gasteiger partial charge in [0.25, 0.3) is 0 Å². The van der Waals surface area contributed by atoms with E-state index in [0.29, 0.717) is 16.5 Å². The molecular formula is C36H42B2F5N3O6. The van der Waals surface area contributed by atoms with Gasteiger partial charge in [-0.05, 0) is 93.2 Å². The van der Waals surface area contributed by atoms with Crippen molar-refractivity contribution < 1.29 is 50.5 Å². The highest BCUT2D eigenvalue weighted by Crippen LogP contribution is 2.62. The predicted octanol–water partition coefficient (Wildman–Crippen LogP) is 7.76. The highest BCUT2D eigenvalue weighted by Gasteiger charge is 2.59. The van der Waals surface area contributed by atoms with Crippen LogP contribution in [0.1, 0.15) is 93.4 Å². The van der Waals surface area contributed by atoms with Gasteiger partial charge in [-0.3, -0.25) is 9.36 Å². The number of hydrogen-bond acceptors (Lipinski definition) is 7. The number of carbonyl (C=O) groups excluding carboxylic acids is 3. The van der Waals surface area contributed by atoms with Crippen molar-refractivity contribution in [3.8, 4) is 5.75 Å². The van der Waals surface area contributed by atoms with E-state index in [0.717, 1.165) is 13.2 Å². The van der Waals surface area contributed by atoms with Gasteiger partial charge in [-0.15, -0.1) is 0 Å². The average molecular weight is 729 g/mol. The van der Waals surface area contributed by atoms with Crippen molar-refractivity contribution in [3.05, 3.63) is 58.8 Å². The molecule has 5 rings (SSSR count). The molecule has 1 N–H and O–H groups in total. The lowest BCUT2D eigenvalue weighted by Crippen LogP contribution is -2.58. The van der Waals surface area contributed by atoms with Crippen LogP contribution < -0.4 is 10.1 Å². The third kappa shape index (κ3) is 7.96. The van der Waals surface area contributed by atoms with Crippen molar-refractivity contribution in [2.75, 3.05) is 26.1 Å². The lowest BCUT2D eigenvalue weighted by Gasteiger charge is -2.58. The number of benzene rings is 2. The number of ether oxygens (including phenoxy) is 3. The van der Waals surface area contributed by atoms with Crippen LogP contribution in [0.15, 0.2) is 36.5 Å². The summed E-state index contributed by atoms with van der Waals surface area (Å²) in [6, 6.07) is 5.81. The Kier molecular flexibility index (Phi) is 11.3. The summed E-state index contributed by atoms with van der Waals surface area (Å²) in [6.07, 6.45) is -5.22.